The van der Waals surface area contributed by atoms with E-state index < -0.39 is 15.9 Å². The van der Waals surface area contributed by atoms with Crippen LogP contribution in [0, 0.1) is 0 Å². The summed E-state index contributed by atoms with van der Waals surface area (Å²) in [5.74, 6) is -0.705. The van der Waals surface area contributed by atoms with Crippen molar-refractivity contribution in [2.75, 3.05) is 29.8 Å². The van der Waals surface area contributed by atoms with Gasteiger partial charge in [-0.05, 0) is 61.4 Å². The molecular formula is C26H27N3O5S. The molecule has 0 radical (unpaired) electrons. The number of amides is 2. The van der Waals surface area contributed by atoms with Gasteiger partial charge in [0.05, 0.1) is 27.9 Å². The summed E-state index contributed by atoms with van der Waals surface area (Å²) in [6, 6.07) is 21.1. The summed E-state index contributed by atoms with van der Waals surface area (Å²) in [5.41, 5.74) is 1.48. The van der Waals surface area contributed by atoms with E-state index in [1.54, 1.807) is 66.7 Å². The van der Waals surface area contributed by atoms with Crippen molar-refractivity contribution in [2.24, 2.45) is 0 Å². The zero-order valence-electron chi connectivity index (χ0n) is 19.3. The largest absolute Gasteiger partial charge is 0.376 e. The van der Waals surface area contributed by atoms with Crippen LogP contribution in [-0.2, 0) is 14.8 Å². The van der Waals surface area contributed by atoms with Gasteiger partial charge in [0.25, 0.3) is 21.8 Å². The van der Waals surface area contributed by atoms with E-state index in [1.807, 2.05) is 0 Å². The second-order valence-electron chi connectivity index (χ2n) is 8.18. The lowest BCUT2D eigenvalue weighted by atomic mass is 10.1. The molecule has 2 amide bonds. The molecule has 3 aromatic carbocycles. The number of sulfonamides is 1. The highest BCUT2D eigenvalue weighted by molar-refractivity contribution is 7.92. The number of rotatable bonds is 8. The topological polar surface area (TPSA) is 105 Å². The van der Waals surface area contributed by atoms with Crippen molar-refractivity contribution in [1.82, 2.24) is 5.32 Å². The summed E-state index contributed by atoms with van der Waals surface area (Å²) in [4.78, 5) is 25.7. The minimum Gasteiger partial charge on any atom is -0.376 e. The number of benzene rings is 3. The Morgan fingerprint density at radius 3 is 2.31 bits per heavy atom. The van der Waals surface area contributed by atoms with Crippen molar-refractivity contribution < 1.29 is 22.7 Å². The Kier molecular flexibility index (Phi) is 7.48. The van der Waals surface area contributed by atoms with Gasteiger partial charge in [-0.25, -0.2) is 8.42 Å². The quantitative estimate of drug-likeness (QED) is 0.498. The van der Waals surface area contributed by atoms with Crippen LogP contribution in [0.3, 0.4) is 0 Å². The average Bonchev–Trinajstić information content (AvgIpc) is 3.41. The minimum atomic E-state index is -3.72. The van der Waals surface area contributed by atoms with Crippen LogP contribution in [0.4, 0.5) is 11.4 Å². The van der Waals surface area contributed by atoms with Gasteiger partial charge in [0.1, 0.15) is 0 Å². The van der Waals surface area contributed by atoms with E-state index in [1.165, 1.54) is 19.2 Å². The molecule has 35 heavy (non-hydrogen) atoms. The van der Waals surface area contributed by atoms with Crippen LogP contribution in [0.25, 0.3) is 0 Å². The number of nitrogens with one attached hydrogen (secondary N) is 2. The molecule has 1 atom stereocenters. The molecule has 1 fully saturated rings. The molecule has 182 valence electrons. The van der Waals surface area contributed by atoms with Crippen molar-refractivity contribution in [3.05, 3.63) is 90.0 Å². The molecule has 0 saturated carbocycles. The maximum atomic E-state index is 12.9. The number of ether oxygens (including phenoxy) is 1. The smallest absolute Gasteiger partial charge is 0.264 e. The molecule has 1 aliphatic heterocycles. The van der Waals surface area contributed by atoms with Crippen LogP contribution < -0.4 is 14.9 Å². The molecule has 1 heterocycles. The predicted molar refractivity (Wildman–Crippen MR) is 134 cm³/mol. The third-order valence-electron chi connectivity index (χ3n) is 5.83. The maximum Gasteiger partial charge on any atom is 0.264 e. The van der Waals surface area contributed by atoms with E-state index in [-0.39, 0.29) is 16.9 Å². The van der Waals surface area contributed by atoms with E-state index >= 15 is 0 Å². The molecule has 0 aliphatic carbocycles. The van der Waals surface area contributed by atoms with E-state index in [4.69, 9.17) is 4.74 Å². The summed E-state index contributed by atoms with van der Waals surface area (Å²) in [6.45, 7) is 1.13. The molecule has 0 unspecified atom stereocenters. The molecule has 1 saturated heterocycles. The Morgan fingerprint density at radius 2 is 1.63 bits per heavy atom. The molecule has 9 heteroatoms. The van der Waals surface area contributed by atoms with Crippen LogP contribution >= 0.6 is 0 Å². The van der Waals surface area contributed by atoms with Crippen molar-refractivity contribution in [1.29, 1.82) is 0 Å². The molecule has 3 aromatic rings. The minimum absolute atomic E-state index is 0.0167. The van der Waals surface area contributed by atoms with E-state index in [9.17, 15) is 18.0 Å². The van der Waals surface area contributed by atoms with Crippen LogP contribution in [-0.4, -0.2) is 46.5 Å². The molecule has 0 bridgehead atoms. The molecule has 0 spiro atoms. The Balaban J connectivity index is 1.44. The predicted octanol–water partition coefficient (Wildman–Crippen LogP) is 3.67. The molecule has 1 aliphatic rings. The molecule has 4 rings (SSSR count). The van der Waals surface area contributed by atoms with Gasteiger partial charge in [0.15, 0.2) is 0 Å². The fraction of sp³-hybridized carbons (Fsp3) is 0.231. The monoisotopic (exact) mass is 493 g/mol. The summed E-state index contributed by atoms with van der Waals surface area (Å²) in [6.07, 6.45) is 1.92. The number of nitrogens with zero attached hydrogens (tertiary/aromatic N) is 1. The van der Waals surface area contributed by atoms with Gasteiger partial charge in [-0.3, -0.25) is 13.9 Å². The van der Waals surface area contributed by atoms with Crippen molar-refractivity contribution >= 4 is 33.2 Å². The highest BCUT2D eigenvalue weighted by Crippen LogP contribution is 2.23. The Bertz CT molecular complexity index is 1290. The highest BCUT2D eigenvalue weighted by atomic mass is 32.2. The standard InChI is InChI=1S/C26H27N3O5S/c1-29(35(32,33)22-9-3-2-4-10-22)20-15-13-19(14-16-20)25(30)28-24-12-6-5-11-23(24)26(31)27-18-21-8-7-17-34-21/h2-6,9-16,21H,7-8,17-18H2,1H3,(H,27,31)(H,28,30)/t21-/m1/s1. The summed E-state index contributed by atoms with van der Waals surface area (Å²) >= 11 is 0. The van der Waals surface area contributed by atoms with Crippen LogP contribution in [0.2, 0.25) is 0 Å². The molecule has 0 aromatic heterocycles. The molecule has 2 N–H and O–H groups in total. The maximum absolute atomic E-state index is 12.9. The third-order valence-corrected chi connectivity index (χ3v) is 7.63. The average molecular weight is 494 g/mol. The third kappa shape index (κ3) is 5.70. The van der Waals surface area contributed by atoms with Gasteiger partial charge in [-0.2, -0.15) is 0 Å². The van der Waals surface area contributed by atoms with Gasteiger partial charge in [0.2, 0.25) is 0 Å². The Morgan fingerprint density at radius 1 is 0.943 bits per heavy atom. The molecule has 8 nitrogen and oxygen atoms in total. The number of hydrogen-bond acceptors (Lipinski definition) is 5. The lowest BCUT2D eigenvalue weighted by Gasteiger charge is -2.19. The van der Waals surface area contributed by atoms with Gasteiger partial charge in [-0.15, -0.1) is 0 Å². The Hall–Kier alpha value is -3.69. The fourth-order valence-electron chi connectivity index (χ4n) is 3.80. The Labute approximate surface area is 205 Å². The van der Waals surface area contributed by atoms with Gasteiger partial charge in [-0.1, -0.05) is 30.3 Å². The van der Waals surface area contributed by atoms with Crippen LogP contribution in [0.1, 0.15) is 33.6 Å². The van der Waals surface area contributed by atoms with Gasteiger partial charge in [0, 0.05) is 25.8 Å². The first-order valence-electron chi connectivity index (χ1n) is 11.3. The first-order valence-corrected chi connectivity index (χ1v) is 12.7. The number of carbonyl (C=O) groups excluding carboxylic acids is 2. The van der Waals surface area contributed by atoms with E-state index in [0.717, 1.165) is 17.1 Å². The van der Waals surface area contributed by atoms with Gasteiger partial charge < -0.3 is 15.4 Å². The zero-order chi connectivity index (χ0) is 24.8. The molecular weight excluding hydrogens is 466 g/mol. The number of anilines is 2. The number of hydrogen-bond donors (Lipinski definition) is 2. The van der Waals surface area contributed by atoms with Crippen LogP contribution in [0.15, 0.2) is 83.8 Å². The van der Waals surface area contributed by atoms with Crippen LogP contribution in [0.5, 0.6) is 0 Å². The lowest BCUT2D eigenvalue weighted by molar-refractivity contribution is 0.0858. The second kappa shape index (κ2) is 10.7. The number of carbonyl (C=O) groups is 2. The first-order chi connectivity index (χ1) is 16.9. The SMILES string of the molecule is CN(c1ccc(C(=O)Nc2ccccc2C(=O)NC[C@H]2CCCO2)cc1)S(=O)(=O)c1ccccc1. The summed E-state index contributed by atoms with van der Waals surface area (Å²) < 4.78 is 32.4. The highest BCUT2D eigenvalue weighted by Gasteiger charge is 2.22. The fourth-order valence-corrected chi connectivity index (χ4v) is 5.02. The zero-order valence-corrected chi connectivity index (χ0v) is 20.1. The van der Waals surface area contributed by atoms with E-state index in [0.29, 0.717) is 35.7 Å². The number of para-hydroxylation sites is 1. The summed E-state index contributed by atoms with van der Waals surface area (Å²) in [5, 5.41) is 5.64. The second-order valence-corrected chi connectivity index (χ2v) is 10.1. The summed E-state index contributed by atoms with van der Waals surface area (Å²) in [7, 11) is -2.26. The lowest BCUT2D eigenvalue weighted by Crippen LogP contribution is -2.32. The normalized spacial score (nSPS) is 15.4. The van der Waals surface area contributed by atoms with Crippen molar-refractivity contribution in [3.63, 3.8) is 0 Å². The first kappa shape index (κ1) is 24.4. The van der Waals surface area contributed by atoms with Crippen molar-refractivity contribution in [2.45, 2.75) is 23.8 Å². The van der Waals surface area contributed by atoms with E-state index in [2.05, 4.69) is 10.6 Å². The van der Waals surface area contributed by atoms with Crippen molar-refractivity contribution in [3.8, 4) is 0 Å². The van der Waals surface area contributed by atoms with Gasteiger partial charge >= 0.3 is 0 Å².